The highest BCUT2D eigenvalue weighted by atomic mass is 15.3. The molecule has 3 rings (SSSR count). The molecular weight excluding hydrogens is 224 g/mol. The van der Waals surface area contributed by atoms with Crippen LogP contribution >= 0.6 is 0 Å². The number of hydrogen-bond donors (Lipinski definition) is 1. The van der Waals surface area contributed by atoms with Crippen molar-refractivity contribution >= 4 is 0 Å². The normalized spacial score (nSPS) is 15.2. The van der Waals surface area contributed by atoms with Crippen molar-refractivity contribution in [3.8, 4) is 0 Å². The Kier molecular flexibility index (Phi) is 2.96. The minimum atomic E-state index is 0.757. The molecule has 0 atom stereocenters. The monoisotopic (exact) mass is 244 g/mol. The lowest BCUT2D eigenvalue weighted by molar-refractivity contribution is 0.610. The van der Waals surface area contributed by atoms with E-state index in [4.69, 9.17) is 0 Å². The zero-order valence-electron chi connectivity index (χ0n) is 11.1. The van der Waals surface area contributed by atoms with Crippen LogP contribution in [0.2, 0.25) is 0 Å². The van der Waals surface area contributed by atoms with Gasteiger partial charge in [0.15, 0.2) is 0 Å². The van der Waals surface area contributed by atoms with Gasteiger partial charge in [-0.3, -0.25) is 4.68 Å². The van der Waals surface area contributed by atoms with E-state index in [1.807, 2.05) is 18.7 Å². The highest BCUT2D eigenvalue weighted by Crippen LogP contribution is 2.19. The van der Waals surface area contributed by atoms with Crippen LogP contribution in [0, 0.1) is 6.92 Å². The molecule has 0 spiro atoms. The van der Waals surface area contributed by atoms with E-state index < -0.39 is 0 Å². The first-order valence-corrected chi connectivity index (χ1v) is 6.59. The Hall–Kier alpha value is -1.55. The molecule has 2 aromatic rings. The van der Waals surface area contributed by atoms with E-state index in [2.05, 4.69) is 39.4 Å². The lowest BCUT2D eigenvalue weighted by Crippen LogP contribution is -2.18. The quantitative estimate of drug-likeness (QED) is 0.871. The topological polar surface area (TPSA) is 34.8 Å². The van der Waals surface area contributed by atoms with Crippen molar-refractivity contribution < 1.29 is 0 Å². The zero-order valence-corrected chi connectivity index (χ0v) is 11.1. The van der Waals surface area contributed by atoms with Crippen molar-refractivity contribution in [3.05, 3.63) is 41.5 Å². The molecule has 18 heavy (non-hydrogen) atoms. The number of hydrogen-bond acceptors (Lipinski definition) is 2. The van der Waals surface area contributed by atoms with E-state index in [-0.39, 0.29) is 0 Å². The van der Waals surface area contributed by atoms with Crippen molar-refractivity contribution in [1.29, 1.82) is 0 Å². The van der Waals surface area contributed by atoms with Crippen molar-refractivity contribution in [1.82, 2.24) is 19.7 Å². The summed E-state index contributed by atoms with van der Waals surface area (Å²) in [6.07, 6.45) is 4.81. The van der Waals surface area contributed by atoms with Crippen molar-refractivity contribution in [2.75, 3.05) is 0 Å². The summed E-state index contributed by atoms with van der Waals surface area (Å²) in [5, 5.41) is 7.95. The van der Waals surface area contributed by atoms with Gasteiger partial charge in [0.2, 0.25) is 0 Å². The molecule has 1 aliphatic rings. The van der Waals surface area contributed by atoms with Gasteiger partial charge in [-0.05, 0) is 38.0 Å². The molecule has 1 N–H and O–H groups in total. The Morgan fingerprint density at radius 3 is 2.89 bits per heavy atom. The molecule has 2 heterocycles. The minimum absolute atomic E-state index is 0.757. The molecule has 1 fully saturated rings. The molecule has 0 radical (unpaired) electrons. The van der Waals surface area contributed by atoms with E-state index in [0.29, 0.717) is 0 Å². The average Bonchev–Trinajstić information content (AvgIpc) is 2.97. The van der Waals surface area contributed by atoms with Crippen LogP contribution < -0.4 is 5.32 Å². The van der Waals surface area contributed by atoms with Gasteiger partial charge in [-0.2, -0.15) is 5.10 Å². The maximum atomic E-state index is 4.39. The van der Waals surface area contributed by atoms with Crippen LogP contribution in [0.25, 0.3) is 0 Å². The molecule has 4 nitrogen and oxygen atoms in total. The number of nitrogens with one attached hydrogen (secondary N) is 1. The summed E-state index contributed by atoms with van der Waals surface area (Å²) in [6, 6.07) is 7.22. The second kappa shape index (κ2) is 4.61. The van der Waals surface area contributed by atoms with Gasteiger partial charge >= 0.3 is 0 Å². The van der Waals surface area contributed by atoms with Crippen LogP contribution in [0.5, 0.6) is 0 Å². The van der Waals surface area contributed by atoms with Crippen molar-refractivity contribution in [2.45, 2.75) is 38.9 Å². The van der Waals surface area contributed by atoms with Crippen LogP contribution in [-0.2, 0) is 20.1 Å². The largest absolute Gasteiger partial charge is 0.344 e. The number of aryl methyl sites for hydroxylation is 2. The van der Waals surface area contributed by atoms with E-state index in [1.54, 1.807) is 0 Å². The first-order valence-electron chi connectivity index (χ1n) is 6.59. The molecule has 2 aromatic heterocycles. The third kappa shape index (κ3) is 2.48. The maximum Gasteiger partial charge on any atom is 0.0642 e. The van der Waals surface area contributed by atoms with Gasteiger partial charge in [0.1, 0.15) is 0 Å². The maximum absolute atomic E-state index is 4.39. The Labute approximate surface area is 108 Å². The Bertz CT molecular complexity index is 534. The highest BCUT2D eigenvalue weighted by Gasteiger charge is 2.20. The molecule has 0 aromatic carbocycles. The lowest BCUT2D eigenvalue weighted by Gasteiger charge is -2.10. The summed E-state index contributed by atoms with van der Waals surface area (Å²) >= 11 is 0. The number of nitrogens with zero attached hydrogens (tertiary/aromatic N) is 3. The van der Waals surface area contributed by atoms with Gasteiger partial charge in [-0.1, -0.05) is 0 Å². The van der Waals surface area contributed by atoms with Gasteiger partial charge in [-0.25, -0.2) is 0 Å². The summed E-state index contributed by atoms with van der Waals surface area (Å²) < 4.78 is 4.26. The molecule has 1 saturated carbocycles. The summed E-state index contributed by atoms with van der Waals surface area (Å²) in [6.45, 7) is 3.90. The van der Waals surface area contributed by atoms with Crippen LogP contribution in [0.4, 0.5) is 0 Å². The third-order valence-electron chi connectivity index (χ3n) is 3.50. The van der Waals surface area contributed by atoms with Crippen molar-refractivity contribution in [3.63, 3.8) is 0 Å². The van der Waals surface area contributed by atoms with E-state index in [9.17, 15) is 0 Å². The SMILES string of the molecule is Cc1cc(Cn2cccc2CNC2CC2)n(C)n1. The molecule has 0 aliphatic heterocycles. The summed E-state index contributed by atoms with van der Waals surface area (Å²) in [4.78, 5) is 0. The number of aromatic nitrogens is 3. The van der Waals surface area contributed by atoms with Gasteiger partial charge in [0.05, 0.1) is 17.9 Å². The van der Waals surface area contributed by atoms with Gasteiger partial charge < -0.3 is 9.88 Å². The van der Waals surface area contributed by atoms with E-state index in [1.165, 1.54) is 24.2 Å². The fourth-order valence-electron chi connectivity index (χ4n) is 2.29. The predicted octanol–water partition coefficient (Wildman–Crippen LogP) is 1.83. The summed E-state index contributed by atoms with van der Waals surface area (Å²) in [5.41, 5.74) is 3.68. The highest BCUT2D eigenvalue weighted by molar-refractivity contribution is 5.14. The molecule has 0 saturated heterocycles. The molecule has 0 amide bonds. The average molecular weight is 244 g/mol. The molecule has 0 unspecified atom stereocenters. The second-order valence-electron chi connectivity index (χ2n) is 5.18. The summed E-state index contributed by atoms with van der Waals surface area (Å²) in [7, 11) is 2.01. The molecule has 96 valence electrons. The van der Waals surface area contributed by atoms with Gasteiger partial charge in [0.25, 0.3) is 0 Å². The Balaban J connectivity index is 1.71. The minimum Gasteiger partial charge on any atom is -0.344 e. The number of rotatable bonds is 5. The predicted molar refractivity (Wildman–Crippen MR) is 71.3 cm³/mol. The third-order valence-corrected chi connectivity index (χ3v) is 3.50. The van der Waals surface area contributed by atoms with Gasteiger partial charge in [0, 0.05) is 31.5 Å². The standard InChI is InChI=1S/C14H20N4/c1-11-8-14(17(2)16-11)10-18-7-3-4-13(18)9-15-12-5-6-12/h3-4,7-8,12,15H,5-6,9-10H2,1-2H3. The molecular formula is C14H20N4. The zero-order chi connectivity index (χ0) is 12.5. The smallest absolute Gasteiger partial charge is 0.0642 e. The Morgan fingerprint density at radius 2 is 2.22 bits per heavy atom. The second-order valence-corrected chi connectivity index (χ2v) is 5.18. The molecule has 4 heteroatoms. The van der Waals surface area contributed by atoms with E-state index in [0.717, 1.165) is 24.8 Å². The lowest BCUT2D eigenvalue weighted by atomic mass is 10.3. The first-order chi connectivity index (χ1) is 8.72. The van der Waals surface area contributed by atoms with Crippen LogP contribution in [0.3, 0.4) is 0 Å². The fraction of sp³-hybridized carbons (Fsp3) is 0.500. The van der Waals surface area contributed by atoms with Crippen LogP contribution in [-0.4, -0.2) is 20.4 Å². The van der Waals surface area contributed by atoms with Gasteiger partial charge in [-0.15, -0.1) is 0 Å². The summed E-state index contributed by atoms with van der Waals surface area (Å²) in [5.74, 6) is 0. The van der Waals surface area contributed by atoms with E-state index >= 15 is 0 Å². The van der Waals surface area contributed by atoms with Crippen LogP contribution in [0.15, 0.2) is 24.4 Å². The van der Waals surface area contributed by atoms with Crippen molar-refractivity contribution in [2.24, 2.45) is 7.05 Å². The molecule has 0 bridgehead atoms. The van der Waals surface area contributed by atoms with Crippen LogP contribution in [0.1, 0.15) is 29.9 Å². The Morgan fingerprint density at radius 1 is 1.39 bits per heavy atom. The first kappa shape index (κ1) is 11.5. The molecule has 1 aliphatic carbocycles. The fourth-order valence-corrected chi connectivity index (χ4v) is 2.29.